The summed E-state index contributed by atoms with van der Waals surface area (Å²) in [6.07, 6.45) is 1.62. The first kappa shape index (κ1) is 18.4. The van der Waals surface area contributed by atoms with Gasteiger partial charge in [0.15, 0.2) is 0 Å². The molecule has 2 heterocycles. The first-order valence-corrected chi connectivity index (χ1v) is 8.80. The van der Waals surface area contributed by atoms with Crippen molar-refractivity contribution in [2.45, 2.75) is 25.6 Å². The highest BCUT2D eigenvalue weighted by molar-refractivity contribution is 6.23. The van der Waals surface area contributed by atoms with Crippen molar-refractivity contribution in [2.75, 3.05) is 7.05 Å². The molecular weight excluding hydrogens is 377 g/mol. The molecule has 0 radical (unpaired) electrons. The molecule has 3 rings (SSSR count). The summed E-state index contributed by atoms with van der Waals surface area (Å²) in [7, 11) is 1.48. The van der Waals surface area contributed by atoms with Crippen molar-refractivity contribution in [3.05, 3.63) is 47.7 Å². The van der Waals surface area contributed by atoms with E-state index in [0.717, 1.165) is 10.1 Å². The number of imidazole rings is 1. The van der Waals surface area contributed by atoms with E-state index in [1.54, 1.807) is 29.1 Å². The van der Waals surface area contributed by atoms with Gasteiger partial charge in [0.05, 0.1) is 11.6 Å². The fourth-order valence-electron chi connectivity index (χ4n) is 2.44. The van der Waals surface area contributed by atoms with Gasteiger partial charge in [0.1, 0.15) is 12.0 Å². The van der Waals surface area contributed by atoms with Crippen LogP contribution in [0.3, 0.4) is 0 Å². The summed E-state index contributed by atoms with van der Waals surface area (Å²) >= 11 is 11.9. The molecule has 7 nitrogen and oxygen atoms in total. The van der Waals surface area contributed by atoms with E-state index in [0.29, 0.717) is 28.7 Å². The van der Waals surface area contributed by atoms with Crippen LogP contribution in [0.2, 0.25) is 0 Å². The molecule has 1 amide bonds. The van der Waals surface area contributed by atoms with Crippen LogP contribution in [0.25, 0.3) is 17.2 Å². The number of aromatic nitrogens is 4. The predicted octanol–water partition coefficient (Wildman–Crippen LogP) is 4.01. The van der Waals surface area contributed by atoms with Crippen molar-refractivity contribution >= 4 is 29.3 Å². The van der Waals surface area contributed by atoms with E-state index in [4.69, 9.17) is 27.9 Å². The lowest BCUT2D eigenvalue weighted by molar-refractivity contribution is 0.0885. The lowest BCUT2D eigenvalue weighted by Gasteiger charge is -2.10. The number of alkyl halides is 1. The standard InChI is InChI=1S/C17H17Cl2N5O2/c1-10(2)16-21-15(22-26-16)14-13(8-18)24(9-20-14)12-6-4-5-11(7-12)17(25)23(3)19/h4-7,9-10H,8H2,1-3H3. The number of nitrogens with zero attached hydrogens (tertiary/aromatic N) is 5. The first-order chi connectivity index (χ1) is 12.4. The van der Waals surface area contributed by atoms with Crippen molar-refractivity contribution in [1.29, 1.82) is 0 Å². The molecule has 3 aromatic rings. The maximum atomic E-state index is 12.1. The largest absolute Gasteiger partial charge is 0.339 e. The molecule has 0 saturated heterocycles. The molecule has 2 aromatic heterocycles. The summed E-state index contributed by atoms with van der Waals surface area (Å²) in [5.41, 5.74) is 2.43. The van der Waals surface area contributed by atoms with Gasteiger partial charge in [0.2, 0.25) is 11.7 Å². The van der Waals surface area contributed by atoms with E-state index in [9.17, 15) is 4.79 Å². The van der Waals surface area contributed by atoms with E-state index in [-0.39, 0.29) is 17.7 Å². The number of rotatable bonds is 5. The number of hydrogen-bond donors (Lipinski definition) is 0. The van der Waals surface area contributed by atoms with Crippen LogP contribution in [0.15, 0.2) is 35.1 Å². The van der Waals surface area contributed by atoms with Gasteiger partial charge in [-0.2, -0.15) is 4.98 Å². The number of amides is 1. The maximum absolute atomic E-state index is 12.1. The van der Waals surface area contributed by atoms with Crippen LogP contribution in [-0.2, 0) is 5.88 Å². The molecule has 0 spiro atoms. The minimum atomic E-state index is -0.305. The molecule has 0 N–H and O–H groups in total. The molecule has 0 aliphatic carbocycles. The molecule has 0 aliphatic rings. The van der Waals surface area contributed by atoms with Gasteiger partial charge < -0.3 is 9.09 Å². The molecule has 9 heteroatoms. The van der Waals surface area contributed by atoms with Crippen molar-refractivity contribution in [2.24, 2.45) is 0 Å². The van der Waals surface area contributed by atoms with Crippen LogP contribution < -0.4 is 0 Å². The highest BCUT2D eigenvalue weighted by Crippen LogP contribution is 2.26. The third-order valence-electron chi connectivity index (χ3n) is 3.79. The zero-order chi connectivity index (χ0) is 18.8. The normalized spacial score (nSPS) is 11.2. The average molecular weight is 394 g/mol. The lowest BCUT2D eigenvalue weighted by Crippen LogP contribution is -2.16. The SMILES string of the molecule is CC(C)c1nc(-c2ncn(-c3cccc(C(=O)N(C)Cl)c3)c2CCl)no1. The molecule has 0 saturated carbocycles. The van der Waals surface area contributed by atoms with Crippen molar-refractivity contribution in [1.82, 2.24) is 24.1 Å². The van der Waals surface area contributed by atoms with Gasteiger partial charge in [-0.1, -0.05) is 25.1 Å². The van der Waals surface area contributed by atoms with Gasteiger partial charge in [-0.15, -0.1) is 11.6 Å². The van der Waals surface area contributed by atoms with Gasteiger partial charge in [-0.25, -0.2) is 4.98 Å². The summed E-state index contributed by atoms with van der Waals surface area (Å²) in [5.74, 6) is 0.923. The molecule has 136 valence electrons. The second-order valence-electron chi connectivity index (χ2n) is 5.99. The quantitative estimate of drug-likeness (QED) is 0.483. The Morgan fingerprint density at radius 2 is 2.15 bits per heavy atom. The van der Waals surface area contributed by atoms with Crippen molar-refractivity contribution < 1.29 is 9.32 Å². The Balaban J connectivity index is 2.03. The van der Waals surface area contributed by atoms with Crippen molar-refractivity contribution in [3.63, 3.8) is 0 Å². The summed E-state index contributed by atoms with van der Waals surface area (Å²) in [6.45, 7) is 3.93. The van der Waals surface area contributed by atoms with Crippen LogP contribution in [0, 0.1) is 0 Å². The molecule has 0 bridgehead atoms. The number of hydrogen-bond acceptors (Lipinski definition) is 5. The molecule has 0 fully saturated rings. The van der Waals surface area contributed by atoms with Crippen LogP contribution in [0.4, 0.5) is 0 Å². The number of benzene rings is 1. The molecule has 0 aliphatic heterocycles. The third-order valence-corrected chi connectivity index (χ3v) is 4.20. The fraction of sp³-hybridized carbons (Fsp3) is 0.294. The molecule has 26 heavy (non-hydrogen) atoms. The maximum Gasteiger partial charge on any atom is 0.268 e. The average Bonchev–Trinajstić information content (AvgIpc) is 3.27. The first-order valence-electron chi connectivity index (χ1n) is 7.92. The van der Waals surface area contributed by atoms with E-state index >= 15 is 0 Å². The monoisotopic (exact) mass is 393 g/mol. The number of carbonyl (C=O) groups is 1. The third kappa shape index (κ3) is 3.45. The number of carbonyl (C=O) groups excluding carboxylic acids is 1. The molecule has 0 atom stereocenters. The Labute approximate surface area is 160 Å². The Hall–Kier alpha value is -2.38. The summed E-state index contributed by atoms with van der Waals surface area (Å²) in [6, 6.07) is 7.03. The van der Waals surface area contributed by atoms with E-state index in [2.05, 4.69) is 15.1 Å². The van der Waals surface area contributed by atoms with Gasteiger partial charge in [-0.3, -0.25) is 9.21 Å². The lowest BCUT2D eigenvalue weighted by atomic mass is 10.2. The molecule has 1 aromatic carbocycles. The highest BCUT2D eigenvalue weighted by Gasteiger charge is 2.20. The van der Waals surface area contributed by atoms with Crippen LogP contribution in [0.5, 0.6) is 0 Å². The van der Waals surface area contributed by atoms with Gasteiger partial charge in [0.25, 0.3) is 5.91 Å². The van der Waals surface area contributed by atoms with Gasteiger partial charge >= 0.3 is 0 Å². The van der Waals surface area contributed by atoms with Gasteiger partial charge in [-0.05, 0) is 18.2 Å². The topological polar surface area (TPSA) is 77.1 Å². The predicted molar refractivity (Wildman–Crippen MR) is 98.4 cm³/mol. The van der Waals surface area contributed by atoms with Crippen LogP contribution in [0.1, 0.15) is 41.7 Å². The van der Waals surface area contributed by atoms with Crippen LogP contribution in [-0.4, -0.2) is 37.1 Å². The van der Waals surface area contributed by atoms with E-state index in [1.807, 2.05) is 19.9 Å². The molecule has 0 unspecified atom stereocenters. The minimum absolute atomic E-state index is 0.119. The van der Waals surface area contributed by atoms with E-state index in [1.165, 1.54) is 7.05 Å². The van der Waals surface area contributed by atoms with Crippen LogP contribution >= 0.6 is 23.4 Å². The zero-order valence-corrected chi connectivity index (χ0v) is 16.0. The van der Waals surface area contributed by atoms with E-state index < -0.39 is 0 Å². The summed E-state index contributed by atoms with van der Waals surface area (Å²) < 4.78 is 8.05. The smallest absolute Gasteiger partial charge is 0.268 e. The highest BCUT2D eigenvalue weighted by atomic mass is 35.5. The Kier molecular flexibility index (Phi) is 5.29. The second kappa shape index (κ2) is 7.47. The second-order valence-corrected chi connectivity index (χ2v) is 6.76. The van der Waals surface area contributed by atoms with Crippen molar-refractivity contribution in [3.8, 4) is 17.2 Å². The zero-order valence-electron chi connectivity index (χ0n) is 14.5. The van der Waals surface area contributed by atoms with Gasteiger partial charge in [0, 0.05) is 36.0 Å². The number of halogens is 2. The molecular formula is C17H17Cl2N5O2. The minimum Gasteiger partial charge on any atom is -0.339 e. The Bertz CT molecular complexity index is 933. The Morgan fingerprint density at radius 3 is 2.77 bits per heavy atom. The summed E-state index contributed by atoms with van der Waals surface area (Å²) in [4.78, 5) is 20.8. The Morgan fingerprint density at radius 1 is 1.38 bits per heavy atom. The summed E-state index contributed by atoms with van der Waals surface area (Å²) in [5, 5.41) is 3.99. The fourth-order valence-corrected chi connectivity index (χ4v) is 2.80.